The monoisotopic (exact) mass is 379 g/mol. The first kappa shape index (κ1) is 18.6. The normalized spacial score (nSPS) is 17.6. The Morgan fingerprint density at radius 3 is 2.89 bits per heavy atom. The van der Waals surface area contributed by atoms with Gasteiger partial charge in [0.15, 0.2) is 0 Å². The number of ether oxygens (including phenoxy) is 1. The van der Waals surface area contributed by atoms with Crippen molar-refractivity contribution in [2.24, 2.45) is 0 Å². The number of morpholine rings is 1. The molecule has 1 saturated heterocycles. The van der Waals surface area contributed by atoms with E-state index in [4.69, 9.17) is 14.2 Å². The first-order chi connectivity index (χ1) is 13.7. The molecular formula is C21H25N5O2. The molecule has 1 fully saturated rings. The molecule has 0 bridgehead atoms. The molecule has 0 aliphatic carbocycles. The van der Waals surface area contributed by atoms with Crippen LogP contribution in [-0.2, 0) is 11.3 Å². The van der Waals surface area contributed by atoms with Crippen LogP contribution in [0.5, 0.6) is 0 Å². The van der Waals surface area contributed by atoms with E-state index < -0.39 is 0 Å². The van der Waals surface area contributed by atoms with Crippen LogP contribution in [0.4, 0.5) is 5.82 Å². The van der Waals surface area contributed by atoms with Crippen LogP contribution in [0.2, 0.25) is 0 Å². The second-order valence-electron chi connectivity index (χ2n) is 7.00. The third-order valence-electron chi connectivity index (χ3n) is 5.06. The molecule has 1 aliphatic heterocycles. The summed E-state index contributed by atoms with van der Waals surface area (Å²) in [5.74, 6) is 1.70. The van der Waals surface area contributed by atoms with Gasteiger partial charge < -0.3 is 14.6 Å². The van der Waals surface area contributed by atoms with Gasteiger partial charge in [0.25, 0.3) is 0 Å². The molecule has 1 aliphatic rings. The van der Waals surface area contributed by atoms with Gasteiger partial charge in [0, 0.05) is 38.4 Å². The SMILES string of the molecule is CNc1ncccc1CN1CCO[C@@H](c2cccc(-c3c(C)noc3C)n2)C1. The van der Waals surface area contributed by atoms with Crippen LogP contribution in [0.25, 0.3) is 11.3 Å². The largest absolute Gasteiger partial charge is 0.373 e. The molecule has 0 saturated carbocycles. The lowest BCUT2D eigenvalue weighted by molar-refractivity contribution is -0.0349. The Morgan fingerprint density at radius 1 is 1.21 bits per heavy atom. The number of aromatic nitrogens is 3. The topological polar surface area (TPSA) is 76.3 Å². The van der Waals surface area contributed by atoms with Crippen LogP contribution in [0, 0.1) is 13.8 Å². The minimum atomic E-state index is -0.0659. The maximum Gasteiger partial charge on any atom is 0.143 e. The molecule has 0 aromatic carbocycles. The summed E-state index contributed by atoms with van der Waals surface area (Å²) in [5, 5.41) is 7.21. The average Bonchev–Trinajstić information content (AvgIpc) is 3.07. The highest BCUT2D eigenvalue weighted by atomic mass is 16.5. The Morgan fingerprint density at radius 2 is 2.11 bits per heavy atom. The lowest BCUT2D eigenvalue weighted by Gasteiger charge is -2.33. The molecule has 28 heavy (non-hydrogen) atoms. The highest BCUT2D eigenvalue weighted by Crippen LogP contribution is 2.28. The van der Waals surface area contributed by atoms with Gasteiger partial charge in [0.05, 0.1) is 29.3 Å². The maximum absolute atomic E-state index is 6.05. The lowest BCUT2D eigenvalue weighted by Crippen LogP contribution is -2.38. The minimum absolute atomic E-state index is 0.0659. The summed E-state index contributed by atoms with van der Waals surface area (Å²) in [6, 6.07) is 10.1. The summed E-state index contributed by atoms with van der Waals surface area (Å²) in [7, 11) is 1.90. The van der Waals surface area contributed by atoms with Gasteiger partial charge in [-0.05, 0) is 32.0 Å². The quantitative estimate of drug-likeness (QED) is 0.728. The summed E-state index contributed by atoms with van der Waals surface area (Å²) in [4.78, 5) is 11.6. The first-order valence-corrected chi connectivity index (χ1v) is 9.51. The van der Waals surface area contributed by atoms with Gasteiger partial charge in [-0.2, -0.15) is 0 Å². The van der Waals surface area contributed by atoms with Crippen molar-refractivity contribution in [1.82, 2.24) is 20.0 Å². The van der Waals surface area contributed by atoms with Crippen LogP contribution in [0.15, 0.2) is 41.1 Å². The third kappa shape index (κ3) is 3.76. The van der Waals surface area contributed by atoms with Gasteiger partial charge in [0.2, 0.25) is 0 Å². The van der Waals surface area contributed by atoms with Gasteiger partial charge >= 0.3 is 0 Å². The number of aryl methyl sites for hydroxylation is 2. The van der Waals surface area contributed by atoms with Crippen molar-refractivity contribution in [1.29, 1.82) is 0 Å². The van der Waals surface area contributed by atoms with Crippen molar-refractivity contribution in [3.05, 3.63) is 59.2 Å². The summed E-state index contributed by atoms with van der Waals surface area (Å²) < 4.78 is 11.3. The van der Waals surface area contributed by atoms with Crippen LogP contribution in [-0.4, -0.2) is 46.8 Å². The molecule has 3 aromatic rings. The van der Waals surface area contributed by atoms with Crippen molar-refractivity contribution < 1.29 is 9.26 Å². The maximum atomic E-state index is 6.05. The van der Waals surface area contributed by atoms with Gasteiger partial charge in [0.1, 0.15) is 17.7 Å². The highest BCUT2D eigenvalue weighted by Gasteiger charge is 2.24. The number of nitrogens with one attached hydrogen (secondary N) is 1. The molecule has 4 rings (SSSR count). The summed E-state index contributed by atoms with van der Waals surface area (Å²) in [5.41, 5.74) is 4.80. The van der Waals surface area contributed by atoms with Crippen molar-refractivity contribution in [2.75, 3.05) is 32.1 Å². The average molecular weight is 379 g/mol. The zero-order chi connectivity index (χ0) is 19.5. The van der Waals surface area contributed by atoms with Crippen LogP contribution < -0.4 is 5.32 Å². The number of pyridine rings is 2. The summed E-state index contributed by atoms with van der Waals surface area (Å²) >= 11 is 0. The minimum Gasteiger partial charge on any atom is -0.373 e. The number of hydrogen-bond acceptors (Lipinski definition) is 7. The first-order valence-electron chi connectivity index (χ1n) is 9.51. The van der Waals surface area contributed by atoms with Gasteiger partial charge in [-0.15, -0.1) is 0 Å². The number of rotatable bonds is 5. The van der Waals surface area contributed by atoms with Gasteiger partial charge in [-0.25, -0.2) is 9.97 Å². The van der Waals surface area contributed by atoms with Crippen molar-refractivity contribution in [2.45, 2.75) is 26.5 Å². The number of nitrogens with zero attached hydrogens (tertiary/aromatic N) is 4. The second kappa shape index (κ2) is 8.08. The molecule has 7 nitrogen and oxygen atoms in total. The fourth-order valence-electron chi connectivity index (χ4n) is 3.68. The second-order valence-corrected chi connectivity index (χ2v) is 7.00. The van der Waals surface area contributed by atoms with E-state index in [2.05, 4.69) is 26.4 Å². The fourth-order valence-corrected chi connectivity index (χ4v) is 3.68. The molecule has 4 heterocycles. The van der Waals surface area contributed by atoms with E-state index in [0.717, 1.165) is 53.9 Å². The Hall–Kier alpha value is -2.77. The molecular weight excluding hydrogens is 354 g/mol. The zero-order valence-corrected chi connectivity index (χ0v) is 16.5. The molecule has 146 valence electrons. The van der Waals surface area contributed by atoms with Crippen molar-refractivity contribution in [3.63, 3.8) is 0 Å². The predicted octanol–water partition coefficient (Wildman–Crippen LogP) is 3.36. The molecule has 7 heteroatoms. The smallest absolute Gasteiger partial charge is 0.143 e. The predicted molar refractivity (Wildman–Crippen MR) is 107 cm³/mol. The van der Waals surface area contributed by atoms with E-state index in [1.165, 1.54) is 5.56 Å². The standard InChI is InChI=1S/C21H25N5O2/c1-14-20(15(2)28-25-14)18-8-4-7-17(24-18)19-13-26(10-11-27-19)12-16-6-5-9-23-21(16)22-3/h4-9,19H,10-13H2,1-3H3,(H,22,23)/t19-/m1/s1. The van der Waals surface area contributed by atoms with Crippen molar-refractivity contribution >= 4 is 5.82 Å². The van der Waals surface area contributed by atoms with E-state index in [1.54, 1.807) is 0 Å². The zero-order valence-electron chi connectivity index (χ0n) is 16.5. The molecule has 0 unspecified atom stereocenters. The molecule has 0 amide bonds. The van der Waals surface area contributed by atoms with E-state index in [9.17, 15) is 0 Å². The highest BCUT2D eigenvalue weighted by molar-refractivity contribution is 5.63. The molecule has 0 spiro atoms. The Kier molecular flexibility index (Phi) is 5.36. The Balaban J connectivity index is 1.53. The van der Waals surface area contributed by atoms with E-state index in [0.29, 0.717) is 6.61 Å². The van der Waals surface area contributed by atoms with Crippen LogP contribution in [0.1, 0.15) is 28.8 Å². The van der Waals surface area contributed by atoms with E-state index >= 15 is 0 Å². The molecule has 1 N–H and O–H groups in total. The van der Waals surface area contributed by atoms with Gasteiger partial charge in [-0.3, -0.25) is 4.90 Å². The summed E-state index contributed by atoms with van der Waals surface area (Å²) in [6.45, 7) is 7.03. The number of anilines is 1. The molecule has 0 radical (unpaired) electrons. The van der Waals surface area contributed by atoms with Gasteiger partial charge in [-0.1, -0.05) is 17.3 Å². The third-order valence-corrected chi connectivity index (χ3v) is 5.06. The fraction of sp³-hybridized carbons (Fsp3) is 0.381. The molecule has 3 aromatic heterocycles. The van der Waals surface area contributed by atoms with Crippen LogP contribution in [0.3, 0.4) is 0 Å². The number of hydrogen-bond donors (Lipinski definition) is 1. The Labute approximate surface area is 164 Å². The molecule has 1 atom stereocenters. The Bertz CT molecular complexity index is 936. The van der Waals surface area contributed by atoms with E-state index in [1.807, 2.05) is 51.4 Å². The van der Waals surface area contributed by atoms with Crippen molar-refractivity contribution in [3.8, 4) is 11.3 Å². The summed E-state index contributed by atoms with van der Waals surface area (Å²) in [6.07, 6.45) is 1.74. The lowest BCUT2D eigenvalue weighted by atomic mass is 10.1. The van der Waals surface area contributed by atoms with E-state index in [-0.39, 0.29) is 6.10 Å². The van der Waals surface area contributed by atoms with Crippen LogP contribution >= 0.6 is 0 Å².